The predicted octanol–water partition coefficient (Wildman–Crippen LogP) is 2.67. The van der Waals surface area contributed by atoms with E-state index in [1.807, 2.05) is 0 Å². The van der Waals surface area contributed by atoms with Crippen molar-refractivity contribution < 1.29 is 4.74 Å². The molecule has 0 bridgehead atoms. The Morgan fingerprint density at radius 2 is 1.81 bits per heavy atom. The lowest BCUT2D eigenvalue weighted by Gasteiger charge is -2.36. The number of hydrogen-bond acceptors (Lipinski definition) is 4. The molecule has 0 aromatic heterocycles. The molecule has 21 heavy (non-hydrogen) atoms. The van der Waals surface area contributed by atoms with Gasteiger partial charge in [0.05, 0.1) is 0 Å². The minimum Gasteiger partial charge on any atom is -0.385 e. The topological polar surface area (TPSA) is 27.7 Å². The van der Waals surface area contributed by atoms with E-state index in [1.54, 1.807) is 7.11 Å². The van der Waals surface area contributed by atoms with Crippen LogP contribution in [0.3, 0.4) is 0 Å². The molecule has 1 aliphatic rings. The number of hydrogen-bond donors (Lipinski definition) is 1. The molecule has 0 amide bonds. The van der Waals surface area contributed by atoms with Gasteiger partial charge in [-0.1, -0.05) is 6.92 Å². The van der Waals surface area contributed by atoms with Crippen molar-refractivity contribution >= 4 is 11.4 Å². The van der Waals surface area contributed by atoms with Gasteiger partial charge in [-0.05, 0) is 43.7 Å². The van der Waals surface area contributed by atoms with Gasteiger partial charge in [-0.2, -0.15) is 0 Å². The quantitative estimate of drug-likeness (QED) is 0.745. The molecule has 4 nitrogen and oxygen atoms in total. The second kappa shape index (κ2) is 8.90. The van der Waals surface area contributed by atoms with Crippen LogP contribution >= 0.6 is 0 Å². The molecule has 0 saturated carbocycles. The van der Waals surface area contributed by atoms with Crippen LogP contribution in [0.25, 0.3) is 0 Å². The van der Waals surface area contributed by atoms with E-state index in [2.05, 4.69) is 46.3 Å². The second-order valence-electron chi connectivity index (χ2n) is 5.65. The van der Waals surface area contributed by atoms with Gasteiger partial charge in [-0.25, -0.2) is 0 Å². The van der Waals surface area contributed by atoms with Gasteiger partial charge < -0.3 is 15.0 Å². The number of ether oxygens (including phenoxy) is 1. The zero-order valence-electron chi connectivity index (χ0n) is 13.5. The maximum Gasteiger partial charge on any atom is 0.0479 e. The van der Waals surface area contributed by atoms with Crippen LogP contribution in [0.15, 0.2) is 24.3 Å². The van der Waals surface area contributed by atoms with Crippen molar-refractivity contribution in [2.45, 2.75) is 19.8 Å². The lowest BCUT2D eigenvalue weighted by Crippen LogP contribution is -2.46. The summed E-state index contributed by atoms with van der Waals surface area (Å²) < 4.78 is 5.05. The lowest BCUT2D eigenvalue weighted by atomic mass is 10.2. The molecule has 1 saturated heterocycles. The van der Waals surface area contributed by atoms with Gasteiger partial charge in [-0.15, -0.1) is 0 Å². The highest BCUT2D eigenvalue weighted by atomic mass is 16.5. The van der Waals surface area contributed by atoms with Crippen molar-refractivity contribution in [3.05, 3.63) is 24.3 Å². The normalized spacial score (nSPS) is 16.2. The van der Waals surface area contributed by atoms with Gasteiger partial charge in [-0.3, -0.25) is 4.90 Å². The number of anilines is 2. The van der Waals surface area contributed by atoms with Crippen LogP contribution in [0, 0.1) is 0 Å². The highest BCUT2D eigenvalue weighted by Crippen LogP contribution is 2.19. The summed E-state index contributed by atoms with van der Waals surface area (Å²) in [7, 11) is 1.75. The summed E-state index contributed by atoms with van der Waals surface area (Å²) in [6.45, 7) is 9.91. The van der Waals surface area contributed by atoms with E-state index in [9.17, 15) is 0 Å². The molecule has 118 valence electrons. The summed E-state index contributed by atoms with van der Waals surface area (Å²) in [6.07, 6.45) is 2.29. The highest BCUT2D eigenvalue weighted by Gasteiger charge is 2.16. The zero-order chi connectivity index (χ0) is 14.9. The fourth-order valence-corrected chi connectivity index (χ4v) is 2.79. The minimum absolute atomic E-state index is 0.813. The molecular formula is C17H29N3O. The van der Waals surface area contributed by atoms with E-state index in [-0.39, 0.29) is 0 Å². The molecule has 1 fully saturated rings. The van der Waals surface area contributed by atoms with Gasteiger partial charge in [0.15, 0.2) is 0 Å². The third-order valence-electron chi connectivity index (χ3n) is 4.00. The molecule has 1 aromatic rings. The number of nitrogens with one attached hydrogen (secondary N) is 1. The van der Waals surface area contributed by atoms with Gasteiger partial charge in [0, 0.05) is 57.8 Å². The van der Waals surface area contributed by atoms with Crippen LogP contribution in [0.2, 0.25) is 0 Å². The molecule has 0 atom stereocenters. The number of rotatable bonds is 8. The summed E-state index contributed by atoms with van der Waals surface area (Å²) in [5.74, 6) is 0. The molecule has 1 aliphatic heterocycles. The first-order chi connectivity index (χ1) is 10.3. The summed E-state index contributed by atoms with van der Waals surface area (Å²) in [5, 5.41) is 3.43. The molecule has 0 unspecified atom stereocenters. The van der Waals surface area contributed by atoms with Crippen molar-refractivity contribution in [1.29, 1.82) is 0 Å². The van der Waals surface area contributed by atoms with Gasteiger partial charge >= 0.3 is 0 Å². The third-order valence-corrected chi connectivity index (χ3v) is 4.00. The SMILES string of the molecule is CCCN1CCN(c2ccc(NCCCOC)cc2)CC1. The van der Waals surface area contributed by atoms with Crippen LogP contribution in [-0.2, 0) is 4.74 Å². The van der Waals surface area contributed by atoms with Crippen LogP contribution in [0.1, 0.15) is 19.8 Å². The largest absolute Gasteiger partial charge is 0.385 e. The van der Waals surface area contributed by atoms with Crippen molar-refractivity contribution in [3.63, 3.8) is 0 Å². The number of piperazine rings is 1. The van der Waals surface area contributed by atoms with E-state index < -0.39 is 0 Å². The standard InChI is InChI=1S/C17H29N3O/c1-3-10-19-11-13-20(14-12-19)17-7-5-16(6-8-17)18-9-4-15-21-2/h5-8,18H,3-4,9-15H2,1-2H3. The zero-order valence-corrected chi connectivity index (χ0v) is 13.5. The molecule has 4 heteroatoms. The Balaban J connectivity index is 1.77. The predicted molar refractivity (Wildman–Crippen MR) is 90.4 cm³/mol. The first-order valence-electron chi connectivity index (χ1n) is 8.13. The fraction of sp³-hybridized carbons (Fsp3) is 0.647. The number of benzene rings is 1. The van der Waals surface area contributed by atoms with Gasteiger partial charge in [0.25, 0.3) is 0 Å². The summed E-state index contributed by atoms with van der Waals surface area (Å²) in [4.78, 5) is 5.04. The third kappa shape index (κ3) is 5.21. The van der Waals surface area contributed by atoms with Crippen LogP contribution in [-0.4, -0.2) is 57.9 Å². The smallest absolute Gasteiger partial charge is 0.0479 e. The van der Waals surface area contributed by atoms with Gasteiger partial charge in [0.2, 0.25) is 0 Å². The van der Waals surface area contributed by atoms with Crippen molar-refractivity contribution in [2.75, 3.05) is 63.2 Å². The summed E-state index contributed by atoms with van der Waals surface area (Å²) in [5.41, 5.74) is 2.54. The monoisotopic (exact) mass is 291 g/mol. The van der Waals surface area contributed by atoms with Gasteiger partial charge in [0.1, 0.15) is 0 Å². The molecule has 1 aromatic carbocycles. The van der Waals surface area contributed by atoms with E-state index in [0.717, 1.165) is 32.7 Å². The van der Waals surface area contributed by atoms with Crippen LogP contribution < -0.4 is 10.2 Å². The van der Waals surface area contributed by atoms with E-state index in [0.29, 0.717) is 0 Å². The average molecular weight is 291 g/mol. The molecule has 1 heterocycles. The molecule has 0 spiro atoms. The van der Waals surface area contributed by atoms with Crippen molar-refractivity contribution in [1.82, 2.24) is 4.90 Å². The first-order valence-corrected chi connectivity index (χ1v) is 8.13. The Hall–Kier alpha value is -1.26. The highest BCUT2D eigenvalue weighted by molar-refractivity contribution is 5.55. The Morgan fingerprint density at radius 3 is 2.43 bits per heavy atom. The molecule has 2 rings (SSSR count). The first kappa shape index (κ1) is 16.1. The molecule has 0 radical (unpaired) electrons. The number of methoxy groups -OCH3 is 1. The Morgan fingerprint density at radius 1 is 1.10 bits per heavy atom. The van der Waals surface area contributed by atoms with E-state index >= 15 is 0 Å². The van der Waals surface area contributed by atoms with E-state index in [1.165, 1.54) is 37.4 Å². The van der Waals surface area contributed by atoms with Crippen LogP contribution in [0.4, 0.5) is 11.4 Å². The minimum atomic E-state index is 0.813. The average Bonchev–Trinajstić information content (AvgIpc) is 2.53. The van der Waals surface area contributed by atoms with E-state index in [4.69, 9.17) is 4.74 Å². The Kier molecular flexibility index (Phi) is 6.83. The second-order valence-corrected chi connectivity index (χ2v) is 5.65. The number of nitrogens with zero attached hydrogens (tertiary/aromatic N) is 2. The van der Waals surface area contributed by atoms with Crippen molar-refractivity contribution in [3.8, 4) is 0 Å². The lowest BCUT2D eigenvalue weighted by molar-refractivity contribution is 0.198. The molecule has 0 aliphatic carbocycles. The Labute approximate surface area is 129 Å². The van der Waals surface area contributed by atoms with Crippen molar-refractivity contribution in [2.24, 2.45) is 0 Å². The summed E-state index contributed by atoms with van der Waals surface area (Å²) >= 11 is 0. The molecule has 1 N–H and O–H groups in total. The molecular weight excluding hydrogens is 262 g/mol. The summed E-state index contributed by atoms with van der Waals surface area (Å²) in [6, 6.07) is 8.82. The Bertz CT molecular complexity index is 386. The van der Waals surface area contributed by atoms with Crippen LogP contribution in [0.5, 0.6) is 0 Å². The maximum atomic E-state index is 5.05. The maximum absolute atomic E-state index is 5.05. The fourth-order valence-electron chi connectivity index (χ4n) is 2.79.